The lowest BCUT2D eigenvalue weighted by molar-refractivity contribution is -0.153. The summed E-state index contributed by atoms with van der Waals surface area (Å²) < 4.78 is 44.3. The molecule has 88 valence electrons. The third-order valence-electron chi connectivity index (χ3n) is 1.68. The first-order chi connectivity index (χ1) is 7.42. The number of esters is 1. The van der Waals surface area contributed by atoms with Gasteiger partial charge in [0, 0.05) is 0 Å². The summed E-state index contributed by atoms with van der Waals surface area (Å²) in [6.07, 6.45) is -4.37. The highest BCUT2D eigenvalue weighted by Crippen LogP contribution is 2.18. The van der Waals surface area contributed by atoms with Gasteiger partial charge in [0.25, 0.3) is 0 Å². The largest absolute Gasteiger partial charge is 0.484 e. The maximum absolute atomic E-state index is 11.8. The van der Waals surface area contributed by atoms with Crippen LogP contribution < -0.4 is 4.74 Å². The molecule has 0 heterocycles. The van der Waals surface area contributed by atoms with Gasteiger partial charge < -0.3 is 9.47 Å². The van der Waals surface area contributed by atoms with E-state index in [2.05, 4.69) is 9.47 Å². The van der Waals surface area contributed by atoms with Gasteiger partial charge in [0.15, 0.2) is 6.61 Å². The second-order valence-electron chi connectivity index (χ2n) is 2.92. The fourth-order valence-electron chi connectivity index (χ4n) is 0.970. The maximum atomic E-state index is 11.8. The lowest BCUT2D eigenvalue weighted by atomic mass is 10.2. The van der Waals surface area contributed by atoms with E-state index in [-0.39, 0.29) is 11.3 Å². The molecule has 0 aliphatic carbocycles. The average molecular weight is 234 g/mol. The average Bonchev–Trinajstić information content (AvgIpc) is 2.25. The summed E-state index contributed by atoms with van der Waals surface area (Å²) in [5.74, 6) is -0.507. The molecule has 0 radical (unpaired) electrons. The maximum Gasteiger partial charge on any atom is 0.422 e. The molecule has 0 aromatic heterocycles. The molecule has 0 atom stereocenters. The van der Waals surface area contributed by atoms with Crippen LogP contribution in [0.3, 0.4) is 0 Å². The van der Waals surface area contributed by atoms with Crippen LogP contribution in [0.15, 0.2) is 24.3 Å². The molecule has 0 unspecified atom stereocenters. The Kier molecular flexibility index (Phi) is 3.76. The van der Waals surface area contributed by atoms with E-state index < -0.39 is 18.8 Å². The van der Waals surface area contributed by atoms with Gasteiger partial charge in [0.1, 0.15) is 5.75 Å². The van der Waals surface area contributed by atoms with Crippen molar-refractivity contribution in [2.75, 3.05) is 13.7 Å². The molecule has 0 aliphatic heterocycles. The minimum Gasteiger partial charge on any atom is -0.484 e. The van der Waals surface area contributed by atoms with E-state index >= 15 is 0 Å². The van der Waals surface area contributed by atoms with Crippen molar-refractivity contribution in [3.63, 3.8) is 0 Å². The Bertz CT molecular complexity index is 357. The molecule has 0 fully saturated rings. The zero-order valence-corrected chi connectivity index (χ0v) is 8.38. The normalized spacial score (nSPS) is 11.0. The Labute approximate surface area is 89.8 Å². The number of carbonyl (C=O) groups is 1. The predicted octanol–water partition coefficient (Wildman–Crippen LogP) is 2.41. The van der Waals surface area contributed by atoms with Crippen LogP contribution in [-0.2, 0) is 4.74 Å². The van der Waals surface area contributed by atoms with E-state index in [1.807, 2.05) is 0 Å². The lowest BCUT2D eigenvalue weighted by Crippen LogP contribution is -2.19. The molecule has 0 spiro atoms. The highest BCUT2D eigenvalue weighted by Gasteiger charge is 2.28. The monoisotopic (exact) mass is 234 g/mol. The van der Waals surface area contributed by atoms with Gasteiger partial charge in [-0.2, -0.15) is 13.2 Å². The molecule has 1 aromatic carbocycles. The van der Waals surface area contributed by atoms with Gasteiger partial charge >= 0.3 is 12.1 Å². The first kappa shape index (κ1) is 12.4. The topological polar surface area (TPSA) is 35.5 Å². The van der Waals surface area contributed by atoms with Crippen molar-refractivity contribution in [3.05, 3.63) is 29.8 Å². The Morgan fingerprint density at radius 2 is 1.81 bits per heavy atom. The van der Waals surface area contributed by atoms with Gasteiger partial charge in [0.2, 0.25) is 0 Å². The zero-order valence-electron chi connectivity index (χ0n) is 8.38. The van der Waals surface area contributed by atoms with Crippen LogP contribution in [0.5, 0.6) is 5.75 Å². The van der Waals surface area contributed by atoms with E-state index in [4.69, 9.17) is 0 Å². The van der Waals surface area contributed by atoms with E-state index in [1.165, 1.54) is 31.4 Å². The summed E-state index contributed by atoms with van der Waals surface area (Å²) in [4.78, 5) is 11.0. The fraction of sp³-hybridized carbons (Fsp3) is 0.300. The molecule has 0 saturated heterocycles. The summed E-state index contributed by atoms with van der Waals surface area (Å²) in [6.45, 7) is -1.36. The van der Waals surface area contributed by atoms with Crippen LogP contribution in [0.4, 0.5) is 13.2 Å². The number of hydrogen-bond donors (Lipinski definition) is 0. The SMILES string of the molecule is COC(=O)c1ccc(OCC(F)(F)F)cc1. The zero-order chi connectivity index (χ0) is 12.2. The molecule has 3 nitrogen and oxygen atoms in total. The Morgan fingerprint density at radius 3 is 2.25 bits per heavy atom. The number of ether oxygens (including phenoxy) is 2. The summed E-state index contributed by atoms with van der Waals surface area (Å²) >= 11 is 0. The molecule has 0 aliphatic rings. The molecule has 0 bridgehead atoms. The second kappa shape index (κ2) is 4.87. The van der Waals surface area contributed by atoms with Crippen LogP contribution in [0, 0.1) is 0 Å². The Balaban J connectivity index is 2.62. The number of rotatable bonds is 3. The number of hydrogen-bond acceptors (Lipinski definition) is 3. The van der Waals surface area contributed by atoms with Crippen LogP contribution in [0.2, 0.25) is 0 Å². The van der Waals surface area contributed by atoms with Crippen molar-refractivity contribution in [1.82, 2.24) is 0 Å². The van der Waals surface area contributed by atoms with E-state index in [0.717, 1.165) is 0 Å². The molecular weight excluding hydrogens is 225 g/mol. The molecule has 0 N–H and O–H groups in total. The number of alkyl halides is 3. The summed E-state index contributed by atoms with van der Waals surface area (Å²) in [6, 6.07) is 5.21. The number of halogens is 3. The van der Waals surface area contributed by atoms with E-state index in [0.29, 0.717) is 0 Å². The van der Waals surface area contributed by atoms with Crippen LogP contribution in [-0.4, -0.2) is 25.9 Å². The molecular formula is C10H9F3O3. The van der Waals surface area contributed by atoms with Crippen molar-refractivity contribution < 1.29 is 27.4 Å². The Hall–Kier alpha value is -1.72. The quantitative estimate of drug-likeness (QED) is 0.753. The summed E-state index contributed by atoms with van der Waals surface area (Å²) in [7, 11) is 1.22. The lowest BCUT2D eigenvalue weighted by Gasteiger charge is -2.09. The van der Waals surface area contributed by atoms with Crippen LogP contribution >= 0.6 is 0 Å². The third-order valence-corrected chi connectivity index (χ3v) is 1.68. The molecule has 16 heavy (non-hydrogen) atoms. The van der Waals surface area contributed by atoms with Crippen molar-refractivity contribution in [1.29, 1.82) is 0 Å². The van der Waals surface area contributed by atoms with Crippen LogP contribution in [0.25, 0.3) is 0 Å². The first-order valence-electron chi connectivity index (χ1n) is 4.30. The summed E-state index contributed by atoms with van der Waals surface area (Å²) in [5, 5.41) is 0. The predicted molar refractivity (Wildman–Crippen MR) is 49.3 cm³/mol. The van der Waals surface area contributed by atoms with E-state index in [1.54, 1.807) is 0 Å². The van der Waals surface area contributed by atoms with Crippen molar-refractivity contribution in [2.45, 2.75) is 6.18 Å². The van der Waals surface area contributed by atoms with Gasteiger partial charge in [-0.05, 0) is 24.3 Å². The van der Waals surface area contributed by atoms with Gasteiger partial charge in [-0.3, -0.25) is 0 Å². The summed E-state index contributed by atoms with van der Waals surface area (Å²) in [5.41, 5.74) is 0.252. The van der Waals surface area contributed by atoms with Crippen molar-refractivity contribution >= 4 is 5.97 Å². The second-order valence-corrected chi connectivity index (χ2v) is 2.92. The third kappa shape index (κ3) is 3.80. The minimum atomic E-state index is -4.37. The van der Waals surface area contributed by atoms with Gasteiger partial charge in [-0.25, -0.2) is 4.79 Å². The molecule has 1 rings (SSSR count). The Morgan fingerprint density at radius 1 is 1.25 bits per heavy atom. The van der Waals surface area contributed by atoms with Gasteiger partial charge in [0.05, 0.1) is 12.7 Å². The van der Waals surface area contributed by atoms with Crippen molar-refractivity contribution in [2.24, 2.45) is 0 Å². The fourth-order valence-corrected chi connectivity index (χ4v) is 0.970. The van der Waals surface area contributed by atoms with E-state index in [9.17, 15) is 18.0 Å². The molecule has 0 saturated carbocycles. The first-order valence-corrected chi connectivity index (χ1v) is 4.30. The van der Waals surface area contributed by atoms with Gasteiger partial charge in [-0.15, -0.1) is 0 Å². The van der Waals surface area contributed by atoms with Crippen LogP contribution in [0.1, 0.15) is 10.4 Å². The van der Waals surface area contributed by atoms with Gasteiger partial charge in [-0.1, -0.05) is 0 Å². The number of benzene rings is 1. The molecule has 1 aromatic rings. The molecule has 6 heteroatoms. The highest BCUT2D eigenvalue weighted by molar-refractivity contribution is 5.89. The highest BCUT2D eigenvalue weighted by atomic mass is 19.4. The standard InChI is InChI=1S/C10H9F3O3/c1-15-9(14)7-2-4-8(5-3-7)16-6-10(11,12)13/h2-5H,6H2,1H3. The number of methoxy groups -OCH3 is 1. The molecule has 0 amide bonds. The minimum absolute atomic E-state index is 0.0463. The number of carbonyl (C=O) groups excluding carboxylic acids is 1. The van der Waals surface area contributed by atoms with Crippen molar-refractivity contribution in [3.8, 4) is 5.75 Å². The smallest absolute Gasteiger partial charge is 0.422 e.